The normalized spacial score (nSPS) is 11.7. The van der Waals surface area contributed by atoms with Gasteiger partial charge in [-0.05, 0) is 12.1 Å². The minimum atomic E-state index is -3.25. The number of amides is 1. The highest BCUT2D eigenvalue weighted by atomic mass is 79.9. The summed E-state index contributed by atoms with van der Waals surface area (Å²) < 4.78 is 25.9. The molecule has 1 heterocycles. The molecule has 2 rings (SSSR count). The Labute approximate surface area is 134 Å². The van der Waals surface area contributed by atoms with Crippen LogP contribution in [0.15, 0.2) is 22.7 Å². The molecule has 0 spiro atoms. The molecule has 0 saturated carbocycles. The lowest BCUT2D eigenvalue weighted by Crippen LogP contribution is -2.34. The third kappa shape index (κ3) is 3.94. The lowest BCUT2D eigenvalue weighted by atomic mass is 10.2. The zero-order valence-electron chi connectivity index (χ0n) is 11.1. The topological polar surface area (TPSA) is 101 Å². The van der Waals surface area contributed by atoms with Crippen LogP contribution in [0.3, 0.4) is 0 Å². The van der Waals surface area contributed by atoms with Crippen LogP contribution in [0.4, 0.5) is 5.69 Å². The van der Waals surface area contributed by atoms with Crippen molar-refractivity contribution in [2.45, 2.75) is 0 Å². The summed E-state index contributed by atoms with van der Waals surface area (Å²) in [4.78, 5) is 12.5. The number of hydrogen-bond acceptors (Lipinski definition) is 5. The van der Waals surface area contributed by atoms with Gasteiger partial charge in [0.2, 0.25) is 10.0 Å². The molecule has 0 atom stereocenters. The first-order chi connectivity index (χ1) is 9.79. The van der Waals surface area contributed by atoms with Crippen LogP contribution in [0.2, 0.25) is 0 Å². The maximum Gasteiger partial charge on any atom is 0.263 e. The molecule has 0 aliphatic rings. The molecule has 2 aromatic rings. The van der Waals surface area contributed by atoms with Crippen LogP contribution >= 0.6 is 27.3 Å². The Morgan fingerprint density at radius 3 is 2.71 bits per heavy atom. The zero-order chi connectivity index (χ0) is 15.6. The Morgan fingerprint density at radius 2 is 2.10 bits per heavy atom. The Bertz CT molecular complexity index is 786. The zero-order valence-corrected chi connectivity index (χ0v) is 14.4. The quantitative estimate of drug-likeness (QED) is 0.672. The number of thiophene rings is 1. The Morgan fingerprint density at radius 1 is 1.38 bits per heavy atom. The number of nitrogens with one attached hydrogen (secondary N) is 2. The smallest absolute Gasteiger partial charge is 0.263 e. The molecule has 4 N–H and O–H groups in total. The average Bonchev–Trinajstić information content (AvgIpc) is 2.72. The van der Waals surface area contributed by atoms with E-state index in [-0.39, 0.29) is 19.0 Å². The predicted octanol–water partition coefficient (Wildman–Crippen LogP) is 1.52. The second-order valence-corrected chi connectivity index (χ2v) is 8.12. The number of rotatable bonds is 5. The van der Waals surface area contributed by atoms with Gasteiger partial charge in [-0.1, -0.05) is 22.0 Å². The van der Waals surface area contributed by atoms with Crippen molar-refractivity contribution in [3.8, 4) is 0 Å². The number of benzene rings is 1. The SMILES string of the molecule is CS(=O)(=O)NCCNC(=O)c1sc2cccc(Br)c2c1N. The molecular weight excluding hydrogens is 378 g/mol. The van der Waals surface area contributed by atoms with Gasteiger partial charge in [-0.2, -0.15) is 0 Å². The van der Waals surface area contributed by atoms with Gasteiger partial charge in [0, 0.05) is 27.6 Å². The fourth-order valence-electron chi connectivity index (χ4n) is 1.79. The van der Waals surface area contributed by atoms with E-state index in [9.17, 15) is 13.2 Å². The maximum atomic E-state index is 12.1. The van der Waals surface area contributed by atoms with E-state index < -0.39 is 10.0 Å². The van der Waals surface area contributed by atoms with E-state index in [1.165, 1.54) is 11.3 Å². The first kappa shape index (κ1) is 16.2. The maximum absolute atomic E-state index is 12.1. The van der Waals surface area contributed by atoms with E-state index in [0.717, 1.165) is 20.8 Å². The first-order valence-electron chi connectivity index (χ1n) is 5.99. The van der Waals surface area contributed by atoms with Gasteiger partial charge in [-0.15, -0.1) is 11.3 Å². The molecule has 1 aromatic heterocycles. The summed E-state index contributed by atoms with van der Waals surface area (Å²) in [5, 5.41) is 3.46. The number of sulfonamides is 1. The molecule has 114 valence electrons. The molecule has 0 fully saturated rings. The summed E-state index contributed by atoms with van der Waals surface area (Å²) >= 11 is 4.72. The summed E-state index contributed by atoms with van der Waals surface area (Å²) in [6.07, 6.45) is 1.07. The van der Waals surface area contributed by atoms with Gasteiger partial charge >= 0.3 is 0 Å². The molecule has 0 bridgehead atoms. The Balaban J connectivity index is 2.10. The number of hydrogen-bond donors (Lipinski definition) is 3. The monoisotopic (exact) mass is 391 g/mol. The molecule has 6 nitrogen and oxygen atoms in total. The molecule has 1 aromatic carbocycles. The van der Waals surface area contributed by atoms with Gasteiger partial charge < -0.3 is 11.1 Å². The summed E-state index contributed by atoms with van der Waals surface area (Å²) in [6, 6.07) is 5.63. The number of nitrogens with two attached hydrogens (primary N) is 1. The summed E-state index contributed by atoms with van der Waals surface area (Å²) in [7, 11) is -3.25. The van der Waals surface area contributed by atoms with E-state index in [4.69, 9.17) is 5.73 Å². The first-order valence-corrected chi connectivity index (χ1v) is 9.49. The van der Waals surface area contributed by atoms with Crippen molar-refractivity contribution in [1.29, 1.82) is 0 Å². The molecule has 9 heteroatoms. The van der Waals surface area contributed by atoms with Crippen LogP contribution < -0.4 is 15.8 Å². The van der Waals surface area contributed by atoms with Crippen LogP contribution in [-0.2, 0) is 10.0 Å². The van der Waals surface area contributed by atoms with Crippen molar-refractivity contribution in [3.05, 3.63) is 27.5 Å². The van der Waals surface area contributed by atoms with Crippen LogP contribution in [0, 0.1) is 0 Å². The van der Waals surface area contributed by atoms with Crippen LogP contribution in [0.1, 0.15) is 9.67 Å². The van der Waals surface area contributed by atoms with Crippen molar-refractivity contribution >= 4 is 59.0 Å². The standard InChI is InChI=1S/C12H14BrN3O3S2/c1-21(18,19)16-6-5-15-12(17)11-10(14)9-7(13)3-2-4-8(9)20-11/h2-4,16H,5-6,14H2,1H3,(H,15,17). The average molecular weight is 392 g/mol. The second-order valence-electron chi connectivity index (χ2n) is 4.38. The molecule has 0 unspecified atom stereocenters. The fraction of sp³-hybridized carbons (Fsp3) is 0.250. The van der Waals surface area contributed by atoms with Gasteiger partial charge in [0.25, 0.3) is 5.91 Å². The van der Waals surface area contributed by atoms with Gasteiger partial charge in [0.1, 0.15) is 4.88 Å². The van der Waals surface area contributed by atoms with E-state index >= 15 is 0 Å². The third-order valence-corrected chi connectivity index (χ3v) is 5.24. The number of carbonyl (C=O) groups excluding carboxylic acids is 1. The fourth-order valence-corrected chi connectivity index (χ4v) is 4.04. The number of carbonyl (C=O) groups is 1. The van der Waals surface area contributed by atoms with Crippen LogP contribution in [0.5, 0.6) is 0 Å². The van der Waals surface area contributed by atoms with Gasteiger partial charge in [0.15, 0.2) is 0 Å². The van der Waals surface area contributed by atoms with Crippen molar-refractivity contribution < 1.29 is 13.2 Å². The highest BCUT2D eigenvalue weighted by Crippen LogP contribution is 2.37. The van der Waals surface area contributed by atoms with Crippen LogP contribution in [0.25, 0.3) is 10.1 Å². The van der Waals surface area contributed by atoms with Crippen molar-refractivity contribution in [1.82, 2.24) is 10.0 Å². The second kappa shape index (κ2) is 6.30. The Kier molecular flexibility index (Phi) is 4.87. The predicted molar refractivity (Wildman–Crippen MR) is 89.1 cm³/mol. The van der Waals surface area contributed by atoms with Crippen LogP contribution in [-0.4, -0.2) is 33.7 Å². The molecule has 0 aliphatic heterocycles. The summed E-state index contributed by atoms with van der Waals surface area (Å²) in [5.41, 5.74) is 6.45. The van der Waals surface area contributed by atoms with Gasteiger partial charge in [-0.25, -0.2) is 13.1 Å². The number of halogens is 1. The molecular formula is C12H14BrN3O3S2. The third-order valence-electron chi connectivity index (χ3n) is 2.68. The van der Waals surface area contributed by atoms with Gasteiger partial charge in [0.05, 0.1) is 11.9 Å². The van der Waals surface area contributed by atoms with Crippen molar-refractivity contribution in [2.24, 2.45) is 0 Å². The van der Waals surface area contributed by atoms with Crippen molar-refractivity contribution in [2.75, 3.05) is 25.1 Å². The molecule has 0 radical (unpaired) electrons. The largest absolute Gasteiger partial charge is 0.397 e. The van der Waals surface area contributed by atoms with Crippen molar-refractivity contribution in [3.63, 3.8) is 0 Å². The molecule has 0 aliphatic carbocycles. The summed E-state index contributed by atoms with van der Waals surface area (Å²) in [5.74, 6) is -0.309. The van der Waals surface area contributed by atoms with E-state index in [2.05, 4.69) is 26.0 Å². The highest BCUT2D eigenvalue weighted by Gasteiger charge is 2.17. The summed E-state index contributed by atoms with van der Waals surface area (Å²) in [6.45, 7) is 0.333. The Hall–Kier alpha value is -1.16. The van der Waals surface area contributed by atoms with E-state index in [0.29, 0.717) is 10.6 Å². The lowest BCUT2D eigenvalue weighted by Gasteiger charge is -2.05. The molecule has 0 saturated heterocycles. The lowest BCUT2D eigenvalue weighted by molar-refractivity contribution is 0.0959. The van der Waals surface area contributed by atoms with E-state index in [1.54, 1.807) is 0 Å². The minimum absolute atomic E-state index is 0.138. The highest BCUT2D eigenvalue weighted by molar-refractivity contribution is 9.10. The minimum Gasteiger partial charge on any atom is -0.397 e. The van der Waals surface area contributed by atoms with E-state index in [1.807, 2.05) is 18.2 Å². The number of nitrogen functional groups attached to an aromatic ring is 1. The number of fused-ring (bicyclic) bond motifs is 1. The molecule has 1 amide bonds. The van der Waals surface area contributed by atoms with Gasteiger partial charge in [-0.3, -0.25) is 4.79 Å². The molecule has 21 heavy (non-hydrogen) atoms. The number of anilines is 1.